The van der Waals surface area contributed by atoms with Gasteiger partial charge >= 0.3 is 11.8 Å². The molecule has 1 aliphatic rings. The van der Waals surface area contributed by atoms with E-state index >= 15 is 0 Å². The van der Waals surface area contributed by atoms with Crippen LogP contribution in [0.5, 0.6) is 0 Å². The minimum atomic E-state index is -0.868. The van der Waals surface area contributed by atoms with Crippen LogP contribution in [-0.4, -0.2) is 23.8 Å². The predicted molar refractivity (Wildman–Crippen MR) is 103 cm³/mol. The van der Waals surface area contributed by atoms with E-state index in [1.807, 2.05) is 26.0 Å². The van der Waals surface area contributed by atoms with E-state index in [1.165, 1.54) is 0 Å². The normalized spacial score (nSPS) is 15.6. The Morgan fingerprint density at radius 2 is 1.85 bits per heavy atom. The van der Waals surface area contributed by atoms with E-state index in [2.05, 4.69) is 10.6 Å². The van der Waals surface area contributed by atoms with Crippen molar-refractivity contribution in [3.05, 3.63) is 64.7 Å². The smallest absolute Gasteiger partial charge is 0.310 e. The molecule has 0 aliphatic carbocycles. The number of benzene rings is 2. The Kier molecular flexibility index (Phi) is 5.46. The molecule has 2 aromatic rings. The molecule has 2 aromatic carbocycles. The van der Waals surface area contributed by atoms with E-state index in [4.69, 9.17) is 11.6 Å². The van der Waals surface area contributed by atoms with Crippen LogP contribution >= 0.6 is 11.6 Å². The molecule has 1 atom stereocenters. The van der Waals surface area contributed by atoms with Crippen LogP contribution in [0, 0.1) is 0 Å². The van der Waals surface area contributed by atoms with Crippen molar-refractivity contribution in [3.63, 3.8) is 0 Å². The van der Waals surface area contributed by atoms with Gasteiger partial charge in [0.25, 0.3) is 5.91 Å². The van der Waals surface area contributed by atoms with Gasteiger partial charge in [-0.25, -0.2) is 0 Å². The number of carbonyl (C=O) groups excluding carboxylic acids is 3. The molecule has 0 aromatic heterocycles. The van der Waals surface area contributed by atoms with E-state index in [0.717, 1.165) is 11.3 Å². The summed E-state index contributed by atoms with van der Waals surface area (Å²) in [6.07, 6.45) is 0. The lowest BCUT2D eigenvalue weighted by atomic mass is 10.1. The van der Waals surface area contributed by atoms with E-state index < -0.39 is 17.9 Å². The van der Waals surface area contributed by atoms with E-state index in [0.29, 0.717) is 10.6 Å². The van der Waals surface area contributed by atoms with Gasteiger partial charge < -0.3 is 15.5 Å². The molecule has 0 unspecified atom stereocenters. The summed E-state index contributed by atoms with van der Waals surface area (Å²) >= 11 is 5.91. The minimum Gasteiger partial charge on any atom is -0.344 e. The van der Waals surface area contributed by atoms with Crippen molar-refractivity contribution < 1.29 is 14.4 Å². The molecular formula is C20H20ClN3O3. The summed E-state index contributed by atoms with van der Waals surface area (Å²) in [7, 11) is 0. The van der Waals surface area contributed by atoms with Crippen LogP contribution in [-0.2, 0) is 20.9 Å². The van der Waals surface area contributed by atoms with Crippen molar-refractivity contribution in [3.8, 4) is 0 Å². The Hall–Kier alpha value is -2.86. The molecule has 7 heteroatoms. The number of nitrogens with zero attached hydrogens (tertiary/aromatic N) is 1. The van der Waals surface area contributed by atoms with Crippen LogP contribution in [0.3, 0.4) is 0 Å². The number of fused-ring (bicyclic) bond motifs is 1. The van der Waals surface area contributed by atoms with Crippen molar-refractivity contribution in [1.82, 2.24) is 10.6 Å². The zero-order chi connectivity index (χ0) is 19.6. The van der Waals surface area contributed by atoms with Crippen LogP contribution in [0.25, 0.3) is 0 Å². The molecule has 6 nitrogen and oxygen atoms in total. The second-order valence-electron chi connectivity index (χ2n) is 6.58. The Balaban J connectivity index is 1.68. The predicted octanol–water partition coefficient (Wildman–Crippen LogP) is 2.57. The van der Waals surface area contributed by atoms with Crippen LogP contribution in [0.2, 0.25) is 5.02 Å². The number of anilines is 1. The van der Waals surface area contributed by atoms with Gasteiger partial charge in [-0.15, -0.1) is 0 Å². The van der Waals surface area contributed by atoms with Crippen LogP contribution in [0.1, 0.15) is 31.0 Å². The highest BCUT2D eigenvalue weighted by atomic mass is 35.5. The average Bonchev–Trinajstić information content (AvgIpc) is 2.91. The Labute approximate surface area is 162 Å². The highest BCUT2D eigenvalue weighted by Gasteiger charge is 2.39. The number of halogens is 1. The third-order valence-electron chi connectivity index (χ3n) is 4.33. The van der Waals surface area contributed by atoms with Crippen molar-refractivity contribution in [2.24, 2.45) is 0 Å². The molecule has 0 radical (unpaired) electrons. The average molecular weight is 386 g/mol. The second-order valence-corrected chi connectivity index (χ2v) is 7.02. The van der Waals surface area contributed by atoms with Gasteiger partial charge in [0.15, 0.2) is 0 Å². The van der Waals surface area contributed by atoms with Gasteiger partial charge in [-0.1, -0.05) is 41.9 Å². The molecule has 0 bridgehead atoms. The second kappa shape index (κ2) is 7.80. The van der Waals surface area contributed by atoms with Gasteiger partial charge in [0.2, 0.25) is 0 Å². The molecule has 0 saturated carbocycles. The van der Waals surface area contributed by atoms with Gasteiger partial charge in [0.1, 0.15) is 6.04 Å². The van der Waals surface area contributed by atoms with Gasteiger partial charge in [-0.2, -0.15) is 0 Å². The molecule has 27 heavy (non-hydrogen) atoms. The third-order valence-corrected chi connectivity index (χ3v) is 4.57. The van der Waals surface area contributed by atoms with Crippen LogP contribution in [0.4, 0.5) is 5.69 Å². The van der Waals surface area contributed by atoms with E-state index in [-0.39, 0.29) is 18.5 Å². The SMILES string of the molecule is CC(C)N1C(=O)[C@@H](NC(=O)C(=O)NCc2cccc(Cl)c2)c2ccccc21. The van der Waals surface area contributed by atoms with Crippen molar-refractivity contribution in [2.75, 3.05) is 4.90 Å². The lowest BCUT2D eigenvalue weighted by molar-refractivity contribution is -0.140. The summed E-state index contributed by atoms with van der Waals surface area (Å²) < 4.78 is 0. The zero-order valence-corrected chi connectivity index (χ0v) is 15.8. The summed E-state index contributed by atoms with van der Waals surface area (Å²) in [5.74, 6) is -1.90. The van der Waals surface area contributed by atoms with E-state index in [1.54, 1.807) is 41.3 Å². The van der Waals surface area contributed by atoms with Gasteiger partial charge in [-0.3, -0.25) is 14.4 Å². The molecule has 1 heterocycles. The monoisotopic (exact) mass is 385 g/mol. The minimum absolute atomic E-state index is 0.0581. The van der Waals surface area contributed by atoms with Gasteiger partial charge in [-0.05, 0) is 37.6 Å². The summed E-state index contributed by atoms with van der Waals surface area (Å²) in [6.45, 7) is 3.97. The lowest BCUT2D eigenvalue weighted by Crippen LogP contribution is -2.45. The Morgan fingerprint density at radius 1 is 1.11 bits per heavy atom. The molecule has 1 aliphatic heterocycles. The summed E-state index contributed by atoms with van der Waals surface area (Å²) in [6, 6.07) is 13.3. The molecule has 0 fully saturated rings. The number of carbonyl (C=O) groups is 3. The fourth-order valence-electron chi connectivity index (χ4n) is 3.12. The molecule has 0 saturated heterocycles. The first-order valence-corrected chi connectivity index (χ1v) is 9.01. The molecule has 3 amide bonds. The number of rotatable bonds is 4. The Bertz CT molecular complexity index is 898. The molecule has 2 N–H and O–H groups in total. The maximum Gasteiger partial charge on any atom is 0.310 e. The van der Waals surface area contributed by atoms with E-state index in [9.17, 15) is 14.4 Å². The molecule has 3 rings (SSSR count). The highest BCUT2D eigenvalue weighted by molar-refractivity contribution is 6.35. The standard InChI is InChI=1S/C20H20ClN3O3/c1-12(2)24-16-9-4-3-8-15(16)17(20(24)27)23-19(26)18(25)22-11-13-6-5-7-14(21)10-13/h3-10,12,17H,11H2,1-2H3,(H,22,25)(H,23,26)/t17-/m0/s1. The van der Waals surface area contributed by atoms with Crippen LogP contribution < -0.4 is 15.5 Å². The molecular weight excluding hydrogens is 366 g/mol. The largest absolute Gasteiger partial charge is 0.344 e. The van der Waals surface area contributed by atoms with Gasteiger partial charge in [0.05, 0.1) is 0 Å². The number of para-hydroxylation sites is 1. The van der Waals surface area contributed by atoms with Gasteiger partial charge in [0, 0.05) is 28.9 Å². The fraction of sp³-hybridized carbons (Fsp3) is 0.250. The zero-order valence-electron chi connectivity index (χ0n) is 15.0. The first kappa shape index (κ1) is 18.9. The lowest BCUT2D eigenvalue weighted by Gasteiger charge is -2.22. The first-order valence-electron chi connectivity index (χ1n) is 8.63. The number of nitrogens with one attached hydrogen (secondary N) is 2. The summed E-state index contributed by atoms with van der Waals surface area (Å²) in [5.41, 5.74) is 2.21. The number of hydrogen-bond acceptors (Lipinski definition) is 3. The molecule has 0 spiro atoms. The maximum absolute atomic E-state index is 12.7. The number of amides is 3. The highest BCUT2D eigenvalue weighted by Crippen LogP contribution is 2.36. The van der Waals surface area contributed by atoms with Crippen molar-refractivity contribution in [2.45, 2.75) is 32.5 Å². The fourth-order valence-corrected chi connectivity index (χ4v) is 3.33. The third kappa shape index (κ3) is 3.95. The summed E-state index contributed by atoms with van der Waals surface area (Å²) in [5, 5.41) is 5.64. The van der Waals surface area contributed by atoms with Crippen molar-refractivity contribution >= 4 is 35.0 Å². The van der Waals surface area contributed by atoms with Crippen LogP contribution in [0.15, 0.2) is 48.5 Å². The quantitative estimate of drug-likeness (QED) is 0.794. The number of hydrogen-bond donors (Lipinski definition) is 2. The Morgan fingerprint density at radius 3 is 2.56 bits per heavy atom. The first-order chi connectivity index (χ1) is 12.9. The molecule has 140 valence electrons. The topological polar surface area (TPSA) is 78.5 Å². The van der Waals surface area contributed by atoms with Crippen molar-refractivity contribution in [1.29, 1.82) is 0 Å². The summed E-state index contributed by atoms with van der Waals surface area (Å²) in [4.78, 5) is 38.8. The maximum atomic E-state index is 12.7.